The average molecular weight is 342 g/mol. The van der Waals surface area contributed by atoms with Crippen molar-refractivity contribution < 1.29 is 4.52 Å². The highest BCUT2D eigenvalue weighted by Crippen LogP contribution is 2.24. The molecule has 5 heteroatoms. The second-order valence-corrected chi connectivity index (χ2v) is 7.40. The van der Waals surface area contributed by atoms with Gasteiger partial charge < -0.3 is 9.84 Å². The topological polar surface area (TPSA) is 54.2 Å². The quantitative estimate of drug-likeness (QED) is 0.837. The van der Waals surface area contributed by atoms with Gasteiger partial charge in [0.1, 0.15) is 0 Å². The van der Waals surface area contributed by atoms with Gasteiger partial charge in [-0.2, -0.15) is 4.98 Å². The largest absolute Gasteiger partial charge is 0.338 e. The fourth-order valence-corrected chi connectivity index (χ4v) is 3.94. The number of likely N-dealkylation sites (tertiary alicyclic amines) is 1. The van der Waals surface area contributed by atoms with Crippen LogP contribution in [0.25, 0.3) is 0 Å². The van der Waals surface area contributed by atoms with Crippen LogP contribution in [-0.2, 0) is 19.5 Å². The standard InChI is InChI=1S/C20H30N4O/c1-4-8-18-22-19(25-23-18)11-21-20-15(2)12-24(13-16(20)3)14-17-9-6-5-7-10-17/h5-7,9-10,15-16,20-21H,4,8,11-14H2,1-3H3/t15-,16-/m0/s1. The molecule has 1 saturated heterocycles. The third-order valence-corrected chi connectivity index (χ3v) is 5.04. The van der Waals surface area contributed by atoms with Gasteiger partial charge in [0.05, 0.1) is 6.54 Å². The van der Waals surface area contributed by atoms with Gasteiger partial charge in [0.2, 0.25) is 5.89 Å². The number of hydrogen-bond acceptors (Lipinski definition) is 5. The molecule has 0 aliphatic carbocycles. The monoisotopic (exact) mass is 342 g/mol. The van der Waals surface area contributed by atoms with Gasteiger partial charge in [0, 0.05) is 32.1 Å². The Morgan fingerprint density at radius 3 is 2.56 bits per heavy atom. The van der Waals surface area contributed by atoms with Crippen molar-refractivity contribution in [1.82, 2.24) is 20.4 Å². The summed E-state index contributed by atoms with van der Waals surface area (Å²) in [5.74, 6) is 2.70. The van der Waals surface area contributed by atoms with Crippen LogP contribution in [0.3, 0.4) is 0 Å². The summed E-state index contributed by atoms with van der Waals surface area (Å²) in [7, 11) is 0. The van der Waals surface area contributed by atoms with E-state index in [9.17, 15) is 0 Å². The van der Waals surface area contributed by atoms with Gasteiger partial charge in [-0.05, 0) is 23.8 Å². The molecule has 2 heterocycles. The summed E-state index contributed by atoms with van der Waals surface area (Å²) in [5, 5.41) is 7.69. The first kappa shape index (κ1) is 18.1. The minimum atomic E-state index is 0.480. The molecule has 0 amide bonds. The van der Waals surface area contributed by atoms with E-state index < -0.39 is 0 Å². The molecule has 1 N–H and O–H groups in total. The highest BCUT2D eigenvalue weighted by atomic mass is 16.5. The zero-order valence-electron chi connectivity index (χ0n) is 15.6. The van der Waals surface area contributed by atoms with Crippen molar-refractivity contribution in [2.24, 2.45) is 11.8 Å². The number of benzene rings is 1. The van der Waals surface area contributed by atoms with Crippen LogP contribution in [0.15, 0.2) is 34.9 Å². The molecule has 5 nitrogen and oxygen atoms in total. The van der Waals surface area contributed by atoms with Crippen LogP contribution in [-0.4, -0.2) is 34.2 Å². The van der Waals surface area contributed by atoms with E-state index in [0.29, 0.717) is 30.3 Å². The lowest BCUT2D eigenvalue weighted by Crippen LogP contribution is -2.52. The summed E-state index contributed by atoms with van der Waals surface area (Å²) in [6.45, 7) is 10.7. The van der Waals surface area contributed by atoms with Crippen molar-refractivity contribution in [3.63, 3.8) is 0 Å². The van der Waals surface area contributed by atoms with Gasteiger partial charge in [0.25, 0.3) is 0 Å². The van der Waals surface area contributed by atoms with Crippen molar-refractivity contribution in [3.8, 4) is 0 Å². The van der Waals surface area contributed by atoms with Crippen molar-refractivity contribution in [3.05, 3.63) is 47.6 Å². The third kappa shape index (κ3) is 4.89. The molecule has 1 aliphatic heterocycles. The Balaban J connectivity index is 1.51. The summed E-state index contributed by atoms with van der Waals surface area (Å²) in [5.41, 5.74) is 1.39. The molecule has 0 saturated carbocycles. The first-order valence-electron chi connectivity index (χ1n) is 9.46. The fourth-order valence-electron chi connectivity index (χ4n) is 3.94. The van der Waals surface area contributed by atoms with E-state index >= 15 is 0 Å². The normalized spacial score (nSPS) is 22.4. The highest BCUT2D eigenvalue weighted by molar-refractivity contribution is 5.14. The molecule has 2 atom stereocenters. The van der Waals surface area contributed by atoms with Crippen LogP contribution in [0.2, 0.25) is 0 Å². The maximum atomic E-state index is 5.34. The minimum absolute atomic E-state index is 0.480. The van der Waals surface area contributed by atoms with E-state index in [1.807, 2.05) is 0 Å². The Hall–Kier alpha value is -1.72. The van der Waals surface area contributed by atoms with Crippen LogP contribution in [0.4, 0.5) is 0 Å². The lowest BCUT2D eigenvalue weighted by molar-refractivity contribution is 0.0923. The first-order valence-corrected chi connectivity index (χ1v) is 9.46. The van der Waals surface area contributed by atoms with E-state index in [1.54, 1.807) is 0 Å². The minimum Gasteiger partial charge on any atom is -0.338 e. The Bertz CT molecular complexity index is 630. The fraction of sp³-hybridized carbons (Fsp3) is 0.600. The van der Waals surface area contributed by atoms with Gasteiger partial charge >= 0.3 is 0 Å². The van der Waals surface area contributed by atoms with Gasteiger partial charge in [-0.15, -0.1) is 0 Å². The molecular formula is C20H30N4O. The predicted octanol–water partition coefficient (Wildman–Crippen LogP) is 3.27. The van der Waals surface area contributed by atoms with E-state index in [2.05, 4.69) is 71.5 Å². The molecule has 0 bridgehead atoms. The Morgan fingerprint density at radius 2 is 1.88 bits per heavy atom. The maximum Gasteiger partial charge on any atom is 0.240 e. The number of piperidine rings is 1. The maximum absolute atomic E-state index is 5.34. The molecule has 1 aromatic heterocycles. The van der Waals surface area contributed by atoms with Gasteiger partial charge in [-0.25, -0.2) is 0 Å². The number of aromatic nitrogens is 2. The van der Waals surface area contributed by atoms with Crippen LogP contribution in [0, 0.1) is 11.8 Å². The first-order chi connectivity index (χ1) is 12.2. The Morgan fingerprint density at radius 1 is 1.16 bits per heavy atom. The second-order valence-electron chi connectivity index (χ2n) is 7.40. The van der Waals surface area contributed by atoms with E-state index in [4.69, 9.17) is 4.52 Å². The van der Waals surface area contributed by atoms with Crippen molar-refractivity contribution >= 4 is 0 Å². The number of aryl methyl sites for hydroxylation is 1. The lowest BCUT2D eigenvalue weighted by atomic mass is 9.85. The Kier molecular flexibility index (Phi) is 6.21. The molecular weight excluding hydrogens is 312 g/mol. The molecule has 0 radical (unpaired) electrons. The zero-order chi connectivity index (χ0) is 17.6. The van der Waals surface area contributed by atoms with Crippen molar-refractivity contribution in [2.45, 2.75) is 52.7 Å². The highest BCUT2D eigenvalue weighted by Gasteiger charge is 2.31. The van der Waals surface area contributed by atoms with Crippen molar-refractivity contribution in [2.75, 3.05) is 13.1 Å². The molecule has 0 unspecified atom stereocenters. The Labute approximate surface area is 150 Å². The summed E-state index contributed by atoms with van der Waals surface area (Å²) in [4.78, 5) is 7.02. The van der Waals surface area contributed by atoms with E-state index in [1.165, 1.54) is 5.56 Å². The van der Waals surface area contributed by atoms with Crippen LogP contribution >= 0.6 is 0 Å². The third-order valence-electron chi connectivity index (χ3n) is 5.04. The average Bonchev–Trinajstić information content (AvgIpc) is 3.03. The smallest absolute Gasteiger partial charge is 0.240 e. The summed E-state index contributed by atoms with van der Waals surface area (Å²) >= 11 is 0. The molecule has 3 rings (SSSR count). The van der Waals surface area contributed by atoms with E-state index in [0.717, 1.165) is 38.3 Å². The zero-order valence-corrected chi connectivity index (χ0v) is 15.6. The van der Waals surface area contributed by atoms with Gasteiger partial charge in [-0.1, -0.05) is 56.3 Å². The second kappa shape index (κ2) is 8.59. The van der Waals surface area contributed by atoms with Crippen molar-refractivity contribution in [1.29, 1.82) is 0 Å². The molecule has 1 aromatic carbocycles. The SMILES string of the molecule is CCCc1noc(CNC2[C@@H](C)CN(Cc3ccccc3)C[C@@H]2C)n1. The molecule has 136 valence electrons. The molecule has 0 spiro atoms. The van der Waals surface area contributed by atoms with Crippen LogP contribution in [0.1, 0.15) is 44.5 Å². The van der Waals surface area contributed by atoms with Crippen LogP contribution < -0.4 is 5.32 Å². The number of hydrogen-bond donors (Lipinski definition) is 1. The lowest BCUT2D eigenvalue weighted by Gasteiger charge is -2.41. The molecule has 25 heavy (non-hydrogen) atoms. The molecule has 2 aromatic rings. The van der Waals surface area contributed by atoms with Gasteiger partial charge in [-0.3, -0.25) is 4.90 Å². The number of nitrogens with zero attached hydrogens (tertiary/aromatic N) is 3. The van der Waals surface area contributed by atoms with Crippen LogP contribution in [0.5, 0.6) is 0 Å². The number of rotatable bonds is 7. The summed E-state index contributed by atoms with van der Waals surface area (Å²) in [6.07, 6.45) is 1.93. The van der Waals surface area contributed by atoms with Gasteiger partial charge in [0.15, 0.2) is 5.82 Å². The molecule has 1 fully saturated rings. The van der Waals surface area contributed by atoms with E-state index in [-0.39, 0.29) is 0 Å². The predicted molar refractivity (Wildman–Crippen MR) is 99.0 cm³/mol. The summed E-state index contributed by atoms with van der Waals surface area (Å²) < 4.78 is 5.34. The summed E-state index contributed by atoms with van der Waals surface area (Å²) in [6, 6.07) is 11.2. The number of nitrogens with one attached hydrogen (secondary N) is 1. The molecule has 1 aliphatic rings.